The van der Waals surface area contributed by atoms with E-state index in [-0.39, 0.29) is 5.91 Å². The second-order valence-corrected chi connectivity index (χ2v) is 5.35. The summed E-state index contributed by atoms with van der Waals surface area (Å²) in [4.78, 5) is 14.2. The summed E-state index contributed by atoms with van der Waals surface area (Å²) in [5.74, 6) is 1.29. The smallest absolute Gasteiger partial charge is 0.287 e. The van der Waals surface area contributed by atoms with Gasteiger partial charge in [0.2, 0.25) is 0 Å². The predicted molar refractivity (Wildman–Crippen MR) is 68.3 cm³/mol. The predicted octanol–water partition coefficient (Wildman–Crippen LogP) is 2.16. The Kier molecular flexibility index (Phi) is 3.37. The molecule has 4 nitrogen and oxygen atoms in total. The van der Waals surface area contributed by atoms with Crippen molar-refractivity contribution < 1.29 is 9.21 Å². The van der Waals surface area contributed by atoms with E-state index in [1.807, 2.05) is 6.07 Å². The van der Waals surface area contributed by atoms with Crippen LogP contribution in [0.5, 0.6) is 0 Å². The van der Waals surface area contributed by atoms with Gasteiger partial charge in [0.05, 0.1) is 6.54 Å². The van der Waals surface area contributed by atoms with Crippen molar-refractivity contribution in [1.29, 1.82) is 0 Å². The van der Waals surface area contributed by atoms with Gasteiger partial charge in [-0.25, -0.2) is 0 Å². The standard InChI is InChI=1S/C14H20N2O2/c17-14(15-11-4-5-11)13-7-6-12(18-13)10-16-8-2-1-3-9-16/h6-7,11H,1-5,8-10H2,(H,15,17). The van der Waals surface area contributed by atoms with Crippen molar-refractivity contribution in [3.8, 4) is 0 Å². The Morgan fingerprint density at radius 1 is 1.28 bits per heavy atom. The summed E-state index contributed by atoms with van der Waals surface area (Å²) in [5, 5.41) is 2.94. The van der Waals surface area contributed by atoms with Crippen LogP contribution in [-0.2, 0) is 6.54 Å². The maximum absolute atomic E-state index is 11.8. The highest BCUT2D eigenvalue weighted by molar-refractivity contribution is 5.91. The molecule has 1 aliphatic carbocycles. The zero-order valence-corrected chi connectivity index (χ0v) is 10.7. The molecule has 2 heterocycles. The van der Waals surface area contributed by atoms with Gasteiger partial charge in [0.15, 0.2) is 5.76 Å². The lowest BCUT2D eigenvalue weighted by Gasteiger charge is -2.25. The second kappa shape index (κ2) is 5.14. The molecule has 1 aromatic rings. The van der Waals surface area contributed by atoms with Gasteiger partial charge in [0.25, 0.3) is 5.91 Å². The minimum absolute atomic E-state index is 0.0672. The van der Waals surface area contributed by atoms with Crippen LogP contribution in [-0.4, -0.2) is 29.9 Å². The largest absolute Gasteiger partial charge is 0.455 e. The number of carbonyl (C=O) groups is 1. The second-order valence-electron chi connectivity index (χ2n) is 5.35. The summed E-state index contributed by atoms with van der Waals surface area (Å²) in [5.41, 5.74) is 0. The first-order valence-electron chi connectivity index (χ1n) is 6.93. The molecule has 18 heavy (non-hydrogen) atoms. The maximum atomic E-state index is 11.8. The van der Waals surface area contributed by atoms with Crippen molar-refractivity contribution in [2.24, 2.45) is 0 Å². The van der Waals surface area contributed by atoms with Gasteiger partial charge in [0, 0.05) is 6.04 Å². The van der Waals surface area contributed by atoms with E-state index in [0.29, 0.717) is 11.8 Å². The van der Waals surface area contributed by atoms with Crippen molar-refractivity contribution in [3.63, 3.8) is 0 Å². The summed E-state index contributed by atoms with van der Waals surface area (Å²) < 4.78 is 5.62. The number of nitrogens with one attached hydrogen (secondary N) is 1. The molecule has 1 N–H and O–H groups in total. The number of hydrogen-bond donors (Lipinski definition) is 1. The fourth-order valence-corrected chi connectivity index (χ4v) is 2.41. The van der Waals surface area contributed by atoms with Gasteiger partial charge in [-0.05, 0) is 50.9 Å². The molecule has 0 unspecified atom stereocenters. The Morgan fingerprint density at radius 2 is 2.06 bits per heavy atom. The highest BCUT2D eigenvalue weighted by atomic mass is 16.4. The lowest BCUT2D eigenvalue weighted by Crippen LogP contribution is -2.29. The molecular formula is C14H20N2O2. The number of carbonyl (C=O) groups excluding carboxylic acids is 1. The van der Waals surface area contributed by atoms with Gasteiger partial charge in [-0.2, -0.15) is 0 Å². The molecule has 1 saturated heterocycles. The molecule has 0 aromatic carbocycles. The van der Waals surface area contributed by atoms with E-state index in [0.717, 1.165) is 38.2 Å². The van der Waals surface area contributed by atoms with Crippen LogP contribution < -0.4 is 5.32 Å². The number of furan rings is 1. The van der Waals surface area contributed by atoms with Crippen molar-refractivity contribution in [1.82, 2.24) is 10.2 Å². The topological polar surface area (TPSA) is 45.5 Å². The lowest BCUT2D eigenvalue weighted by atomic mass is 10.1. The summed E-state index contributed by atoms with van der Waals surface area (Å²) in [6.07, 6.45) is 6.09. The number of amides is 1. The normalized spacial score (nSPS) is 20.9. The molecule has 0 spiro atoms. The number of piperidine rings is 1. The van der Waals surface area contributed by atoms with E-state index in [9.17, 15) is 4.79 Å². The van der Waals surface area contributed by atoms with Gasteiger partial charge in [-0.1, -0.05) is 6.42 Å². The van der Waals surface area contributed by atoms with Gasteiger partial charge in [0.1, 0.15) is 5.76 Å². The molecule has 1 aromatic heterocycles. The van der Waals surface area contributed by atoms with Crippen molar-refractivity contribution in [2.75, 3.05) is 13.1 Å². The van der Waals surface area contributed by atoms with Crippen LogP contribution in [0.25, 0.3) is 0 Å². The molecule has 0 bridgehead atoms. The first kappa shape index (κ1) is 11.8. The Labute approximate surface area is 107 Å². The highest BCUT2D eigenvalue weighted by Crippen LogP contribution is 2.20. The average molecular weight is 248 g/mol. The van der Waals surface area contributed by atoms with Gasteiger partial charge >= 0.3 is 0 Å². The molecule has 1 amide bonds. The van der Waals surface area contributed by atoms with Crippen LogP contribution >= 0.6 is 0 Å². The zero-order chi connectivity index (χ0) is 12.4. The Balaban J connectivity index is 1.56. The van der Waals surface area contributed by atoms with E-state index in [1.165, 1.54) is 19.3 Å². The average Bonchev–Trinajstić information content (AvgIpc) is 3.07. The molecular weight excluding hydrogens is 228 g/mol. The first-order chi connectivity index (χ1) is 8.81. The molecule has 98 valence electrons. The highest BCUT2D eigenvalue weighted by Gasteiger charge is 2.25. The van der Waals surface area contributed by atoms with E-state index in [2.05, 4.69) is 10.2 Å². The van der Waals surface area contributed by atoms with Gasteiger partial charge in [-0.3, -0.25) is 9.69 Å². The number of likely N-dealkylation sites (tertiary alicyclic amines) is 1. The summed E-state index contributed by atoms with van der Waals surface area (Å²) in [7, 11) is 0. The molecule has 2 aliphatic rings. The molecule has 0 radical (unpaired) electrons. The van der Waals surface area contributed by atoms with Crippen LogP contribution in [0.15, 0.2) is 16.5 Å². The maximum Gasteiger partial charge on any atom is 0.287 e. The van der Waals surface area contributed by atoms with Crippen molar-refractivity contribution in [3.05, 3.63) is 23.7 Å². The van der Waals surface area contributed by atoms with E-state index in [1.54, 1.807) is 6.07 Å². The van der Waals surface area contributed by atoms with Gasteiger partial charge in [-0.15, -0.1) is 0 Å². The number of rotatable bonds is 4. The van der Waals surface area contributed by atoms with Crippen molar-refractivity contribution in [2.45, 2.75) is 44.7 Å². The zero-order valence-electron chi connectivity index (χ0n) is 10.7. The monoisotopic (exact) mass is 248 g/mol. The quantitative estimate of drug-likeness (QED) is 0.888. The Bertz CT molecular complexity index is 417. The first-order valence-corrected chi connectivity index (χ1v) is 6.93. The minimum atomic E-state index is -0.0672. The summed E-state index contributed by atoms with van der Waals surface area (Å²) in [6, 6.07) is 4.10. The van der Waals surface area contributed by atoms with E-state index >= 15 is 0 Å². The summed E-state index contributed by atoms with van der Waals surface area (Å²) in [6.45, 7) is 3.12. The molecule has 0 atom stereocenters. The lowest BCUT2D eigenvalue weighted by molar-refractivity contribution is 0.0918. The molecule has 4 heteroatoms. The fourth-order valence-electron chi connectivity index (χ4n) is 2.41. The van der Waals surface area contributed by atoms with Gasteiger partial charge < -0.3 is 9.73 Å². The SMILES string of the molecule is O=C(NC1CC1)c1ccc(CN2CCCCC2)o1. The molecule has 2 fully saturated rings. The Morgan fingerprint density at radius 3 is 2.78 bits per heavy atom. The number of hydrogen-bond acceptors (Lipinski definition) is 3. The third-order valence-corrected chi connectivity index (χ3v) is 3.63. The van der Waals surface area contributed by atoms with E-state index in [4.69, 9.17) is 4.42 Å². The van der Waals surface area contributed by atoms with Crippen LogP contribution in [0.4, 0.5) is 0 Å². The molecule has 3 rings (SSSR count). The fraction of sp³-hybridized carbons (Fsp3) is 0.643. The number of nitrogens with zero attached hydrogens (tertiary/aromatic N) is 1. The third-order valence-electron chi connectivity index (χ3n) is 3.63. The molecule has 1 aliphatic heterocycles. The van der Waals surface area contributed by atoms with Crippen LogP contribution in [0.2, 0.25) is 0 Å². The molecule has 1 saturated carbocycles. The van der Waals surface area contributed by atoms with E-state index < -0.39 is 0 Å². The Hall–Kier alpha value is -1.29. The van der Waals surface area contributed by atoms with Crippen LogP contribution in [0.3, 0.4) is 0 Å². The minimum Gasteiger partial charge on any atom is -0.455 e. The van der Waals surface area contributed by atoms with Crippen LogP contribution in [0.1, 0.15) is 48.4 Å². The third kappa shape index (κ3) is 2.93. The van der Waals surface area contributed by atoms with Crippen LogP contribution in [0, 0.1) is 0 Å². The van der Waals surface area contributed by atoms with Crippen molar-refractivity contribution >= 4 is 5.91 Å². The summed E-state index contributed by atoms with van der Waals surface area (Å²) >= 11 is 0.